The molecule has 0 radical (unpaired) electrons. The predicted molar refractivity (Wildman–Crippen MR) is 104 cm³/mol. The molecule has 5 nitrogen and oxygen atoms in total. The van der Waals surface area contributed by atoms with E-state index in [1.807, 2.05) is 7.05 Å². The SMILES string of the molecule is CNCC1CCN(C(=O)C2CCC(NC(=O)CC3CCCC3)CC2)CC1. The number of nitrogens with zero attached hydrogens (tertiary/aromatic N) is 1. The van der Waals surface area contributed by atoms with Gasteiger partial charge < -0.3 is 15.5 Å². The molecule has 0 bridgehead atoms. The lowest BCUT2D eigenvalue weighted by molar-refractivity contribution is -0.138. The fourth-order valence-corrected chi connectivity index (χ4v) is 5.15. The lowest BCUT2D eigenvalue weighted by Crippen LogP contribution is -2.45. The van der Waals surface area contributed by atoms with Crippen molar-refractivity contribution in [3.8, 4) is 0 Å². The maximum absolute atomic E-state index is 12.8. The number of hydrogen-bond donors (Lipinski definition) is 2. The predicted octanol–water partition coefficient (Wildman–Crippen LogP) is 2.70. The molecule has 1 aliphatic heterocycles. The first kappa shape index (κ1) is 19.7. The number of hydrogen-bond acceptors (Lipinski definition) is 3. The lowest BCUT2D eigenvalue weighted by Gasteiger charge is -2.36. The van der Waals surface area contributed by atoms with Crippen LogP contribution in [0.15, 0.2) is 0 Å². The van der Waals surface area contributed by atoms with E-state index in [0.717, 1.165) is 64.1 Å². The van der Waals surface area contributed by atoms with Crippen LogP contribution in [0.25, 0.3) is 0 Å². The average Bonchev–Trinajstić information content (AvgIpc) is 3.15. The van der Waals surface area contributed by atoms with E-state index in [4.69, 9.17) is 0 Å². The summed E-state index contributed by atoms with van der Waals surface area (Å²) in [4.78, 5) is 27.1. The topological polar surface area (TPSA) is 61.4 Å². The molecule has 2 aliphatic carbocycles. The van der Waals surface area contributed by atoms with Crippen molar-refractivity contribution in [2.45, 2.75) is 76.7 Å². The molecule has 3 rings (SSSR count). The van der Waals surface area contributed by atoms with E-state index < -0.39 is 0 Å². The largest absolute Gasteiger partial charge is 0.353 e. The molecule has 3 fully saturated rings. The first-order chi connectivity index (χ1) is 12.7. The molecule has 0 atom stereocenters. The molecule has 5 heteroatoms. The number of carbonyl (C=O) groups excluding carboxylic acids is 2. The van der Waals surface area contributed by atoms with Gasteiger partial charge in [0.15, 0.2) is 0 Å². The Kier molecular flexibility index (Phi) is 7.35. The lowest BCUT2D eigenvalue weighted by atomic mass is 9.84. The third kappa shape index (κ3) is 5.45. The van der Waals surface area contributed by atoms with Gasteiger partial charge in [-0.25, -0.2) is 0 Å². The Morgan fingerprint density at radius 3 is 2.15 bits per heavy atom. The normalized spacial score (nSPS) is 28.3. The Hall–Kier alpha value is -1.10. The summed E-state index contributed by atoms with van der Waals surface area (Å²) in [6.07, 6.45) is 11.8. The van der Waals surface area contributed by atoms with E-state index in [1.165, 1.54) is 25.7 Å². The quantitative estimate of drug-likeness (QED) is 0.763. The number of likely N-dealkylation sites (tertiary alicyclic amines) is 1. The third-order valence-corrected chi connectivity index (χ3v) is 6.81. The molecule has 3 aliphatic rings. The Morgan fingerprint density at radius 1 is 0.885 bits per heavy atom. The number of carbonyl (C=O) groups is 2. The minimum Gasteiger partial charge on any atom is -0.353 e. The smallest absolute Gasteiger partial charge is 0.225 e. The van der Waals surface area contributed by atoms with Gasteiger partial charge in [0.2, 0.25) is 11.8 Å². The number of rotatable bonds is 6. The van der Waals surface area contributed by atoms with Crippen molar-refractivity contribution < 1.29 is 9.59 Å². The second-order valence-corrected chi connectivity index (χ2v) is 8.80. The van der Waals surface area contributed by atoms with E-state index in [-0.39, 0.29) is 17.9 Å². The Bertz CT molecular complexity index is 460. The first-order valence-corrected chi connectivity index (χ1v) is 10.9. The van der Waals surface area contributed by atoms with Gasteiger partial charge in [-0.2, -0.15) is 0 Å². The molecule has 1 heterocycles. The molecule has 2 saturated carbocycles. The van der Waals surface area contributed by atoms with Crippen LogP contribution < -0.4 is 10.6 Å². The minimum absolute atomic E-state index is 0.179. The monoisotopic (exact) mass is 363 g/mol. The highest BCUT2D eigenvalue weighted by atomic mass is 16.2. The van der Waals surface area contributed by atoms with Crippen LogP contribution in [0.5, 0.6) is 0 Å². The van der Waals surface area contributed by atoms with Gasteiger partial charge in [0, 0.05) is 31.5 Å². The second-order valence-electron chi connectivity index (χ2n) is 8.80. The molecule has 2 amide bonds. The minimum atomic E-state index is 0.179. The molecule has 2 N–H and O–H groups in total. The maximum Gasteiger partial charge on any atom is 0.225 e. The van der Waals surface area contributed by atoms with Gasteiger partial charge in [0.05, 0.1) is 0 Å². The van der Waals surface area contributed by atoms with Crippen LogP contribution in [0, 0.1) is 17.8 Å². The molecular weight excluding hydrogens is 326 g/mol. The molecule has 0 spiro atoms. The molecule has 0 aromatic heterocycles. The molecule has 0 aromatic carbocycles. The first-order valence-electron chi connectivity index (χ1n) is 10.9. The van der Waals surface area contributed by atoms with Crippen LogP contribution in [0.3, 0.4) is 0 Å². The van der Waals surface area contributed by atoms with Gasteiger partial charge in [-0.05, 0) is 76.8 Å². The highest BCUT2D eigenvalue weighted by Gasteiger charge is 2.32. The van der Waals surface area contributed by atoms with Gasteiger partial charge in [-0.3, -0.25) is 9.59 Å². The highest BCUT2D eigenvalue weighted by Crippen LogP contribution is 2.30. The van der Waals surface area contributed by atoms with Crippen molar-refractivity contribution in [3.05, 3.63) is 0 Å². The van der Waals surface area contributed by atoms with Gasteiger partial charge in [-0.1, -0.05) is 12.8 Å². The van der Waals surface area contributed by atoms with Crippen molar-refractivity contribution in [1.82, 2.24) is 15.5 Å². The molecule has 148 valence electrons. The summed E-state index contributed by atoms with van der Waals surface area (Å²) in [6.45, 7) is 2.90. The standard InChI is InChI=1S/C21H37N3O2/c1-22-15-17-10-12-24(13-11-17)21(26)18-6-8-19(9-7-18)23-20(25)14-16-4-2-3-5-16/h16-19,22H,2-15H2,1H3,(H,23,25). The summed E-state index contributed by atoms with van der Waals surface area (Å²) >= 11 is 0. The van der Waals surface area contributed by atoms with Crippen molar-refractivity contribution in [2.24, 2.45) is 17.8 Å². The van der Waals surface area contributed by atoms with E-state index in [2.05, 4.69) is 15.5 Å². The molecule has 0 aromatic rings. The summed E-state index contributed by atoms with van der Waals surface area (Å²) in [5, 5.41) is 6.48. The van der Waals surface area contributed by atoms with Crippen LogP contribution >= 0.6 is 0 Å². The number of nitrogens with one attached hydrogen (secondary N) is 2. The van der Waals surface area contributed by atoms with Crippen molar-refractivity contribution in [2.75, 3.05) is 26.7 Å². The highest BCUT2D eigenvalue weighted by molar-refractivity contribution is 5.79. The zero-order valence-corrected chi connectivity index (χ0v) is 16.5. The zero-order chi connectivity index (χ0) is 18.4. The number of amides is 2. The van der Waals surface area contributed by atoms with Crippen LogP contribution in [-0.4, -0.2) is 49.4 Å². The summed E-state index contributed by atoms with van der Waals surface area (Å²) in [7, 11) is 2.00. The average molecular weight is 364 g/mol. The Morgan fingerprint density at radius 2 is 1.54 bits per heavy atom. The number of piperidine rings is 1. The summed E-state index contributed by atoms with van der Waals surface area (Å²) < 4.78 is 0. The van der Waals surface area contributed by atoms with Crippen LogP contribution in [0.4, 0.5) is 0 Å². The summed E-state index contributed by atoms with van der Waals surface area (Å²) in [5.41, 5.74) is 0. The van der Waals surface area contributed by atoms with E-state index in [1.54, 1.807) is 0 Å². The van der Waals surface area contributed by atoms with Gasteiger partial charge >= 0.3 is 0 Å². The van der Waals surface area contributed by atoms with E-state index in [9.17, 15) is 9.59 Å². The fraction of sp³-hybridized carbons (Fsp3) is 0.905. The van der Waals surface area contributed by atoms with Crippen LogP contribution in [0.1, 0.15) is 70.6 Å². The van der Waals surface area contributed by atoms with Crippen LogP contribution in [-0.2, 0) is 9.59 Å². The van der Waals surface area contributed by atoms with Crippen molar-refractivity contribution in [1.29, 1.82) is 0 Å². The Balaban J connectivity index is 1.35. The Labute approximate surface area is 158 Å². The molecule has 26 heavy (non-hydrogen) atoms. The fourth-order valence-electron chi connectivity index (χ4n) is 5.15. The van der Waals surface area contributed by atoms with Crippen LogP contribution in [0.2, 0.25) is 0 Å². The molecule has 1 saturated heterocycles. The summed E-state index contributed by atoms with van der Waals surface area (Å²) in [5.74, 6) is 2.11. The van der Waals surface area contributed by atoms with Gasteiger partial charge in [0.1, 0.15) is 0 Å². The maximum atomic E-state index is 12.8. The van der Waals surface area contributed by atoms with Gasteiger partial charge in [0.25, 0.3) is 0 Å². The van der Waals surface area contributed by atoms with Crippen molar-refractivity contribution in [3.63, 3.8) is 0 Å². The van der Waals surface area contributed by atoms with E-state index in [0.29, 0.717) is 18.2 Å². The molecule has 0 unspecified atom stereocenters. The molecular formula is C21H37N3O2. The zero-order valence-electron chi connectivity index (χ0n) is 16.5. The van der Waals surface area contributed by atoms with Gasteiger partial charge in [-0.15, -0.1) is 0 Å². The van der Waals surface area contributed by atoms with Crippen molar-refractivity contribution >= 4 is 11.8 Å². The third-order valence-electron chi connectivity index (χ3n) is 6.81. The second kappa shape index (κ2) is 9.72. The summed E-state index contributed by atoms with van der Waals surface area (Å²) in [6, 6.07) is 0.286. The van der Waals surface area contributed by atoms with E-state index >= 15 is 0 Å².